The summed E-state index contributed by atoms with van der Waals surface area (Å²) in [6.07, 6.45) is -0.424. The van der Waals surface area contributed by atoms with Gasteiger partial charge in [-0.2, -0.15) is 0 Å². The van der Waals surface area contributed by atoms with Gasteiger partial charge in [-0.05, 0) is 30.7 Å². The number of rotatable bonds is 5. The van der Waals surface area contributed by atoms with E-state index >= 15 is 0 Å². The van der Waals surface area contributed by atoms with Gasteiger partial charge in [-0.1, -0.05) is 41.9 Å². The number of ether oxygens (including phenoxy) is 1. The molecule has 0 saturated heterocycles. The number of hydrogen-bond donors (Lipinski definition) is 0. The zero-order valence-electron chi connectivity index (χ0n) is 12.1. The van der Waals surface area contributed by atoms with E-state index in [1.165, 1.54) is 0 Å². The minimum Gasteiger partial charge on any atom is -0.457 e. The molecular formula is C17H15ClN2O2. The lowest BCUT2D eigenvalue weighted by molar-refractivity contribution is -0.133. The van der Waals surface area contributed by atoms with Crippen LogP contribution in [0.1, 0.15) is 24.4 Å². The highest BCUT2D eigenvalue weighted by molar-refractivity contribution is 6.31. The van der Waals surface area contributed by atoms with E-state index in [0.717, 1.165) is 16.6 Å². The molecule has 1 heterocycles. The minimum atomic E-state index is -0.424. The molecule has 0 aliphatic rings. The van der Waals surface area contributed by atoms with Gasteiger partial charge in [0, 0.05) is 11.6 Å². The van der Waals surface area contributed by atoms with Crippen molar-refractivity contribution in [3.8, 4) is 0 Å². The van der Waals surface area contributed by atoms with Crippen LogP contribution in [0.15, 0.2) is 48.5 Å². The van der Waals surface area contributed by atoms with Gasteiger partial charge < -0.3 is 9.30 Å². The highest BCUT2D eigenvalue weighted by Gasteiger charge is 2.18. The van der Waals surface area contributed by atoms with Crippen LogP contribution in [0.25, 0.3) is 11.0 Å². The molecule has 0 radical (unpaired) electrons. The summed E-state index contributed by atoms with van der Waals surface area (Å²) in [6, 6.07) is 15.6. The fraction of sp³-hybridized carbons (Fsp3) is 0.176. The Kier molecular flexibility index (Phi) is 4.11. The smallest absolute Gasteiger partial charge is 0.293 e. The van der Waals surface area contributed by atoms with Gasteiger partial charge in [-0.15, -0.1) is 0 Å². The molecule has 1 atom stereocenters. The van der Waals surface area contributed by atoms with Crippen LogP contribution in [0.5, 0.6) is 0 Å². The molecule has 4 nitrogen and oxygen atoms in total. The molecule has 0 aliphatic carbocycles. The van der Waals surface area contributed by atoms with E-state index in [2.05, 4.69) is 4.98 Å². The van der Waals surface area contributed by atoms with E-state index in [4.69, 9.17) is 16.3 Å². The van der Waals surface area contributed by atoms with Gasteiger partial charge in [0.25, 0.3) is 6.47 Å². The molecule has 0 N–H and O–H groups in total. The van der Waals surface area contributed by atoms with E-state index in [1.54, 1.807) is 13.0 Å². The molecule has 0 saturated carbocycles. The molecule has 0 spiro atoms. The predicted octanol–water partition coefficient (Wildman–Crippen LogP) is 3.97. The average molecular weight is 315 g/mol. The number of hydrogen-bond acceptors (Lipinski definition) is 3. The first-order chi connectivity index (χ1) is 10.7. The highest BCUT2D eigenvalue weighted by atomic mass is 35.5. The normalized spacial score (nSPS) is 12.3. The minimum absolute atomic E-state index is 0.424. The summed E-state index contributed by atoms with van der Waals surface area (Å²) in [6.45, 7) is 2.89. The molecule has 0 bridgehead atoms. The van der Waals surface area contributed by atoms with Crippen LogP contribution < -0.4 is 0 Å². The lowest BCUT2D eigenvalue weighted by Gasteiger charge is -2.13. The molecule has 1 unspecified atom stereocenters. The number of fused-ring (bicyclic) bond motifs is 1. The largest absolute Gasteiger partial charge is 0.457 e. The first-order valence-corrected chi connectivity index (χ1v) is 7.35. The maximum absolute atomic E-state index is 10.6. The fourth-order valence-electron chi connectivity index (χ4n) is 2.50. The Morgan fingerprint density at radius 1 is 1.27 bits per heavy atom. The molecule has 0 amide bonds. The maximum Gasteiger partial charge on any atom is 0.293 e. The molecule has 112 valence electrons. The van der Waals surface area contributed by atoms with E-state index < -0.39 is 6.10 Å². The number of halogens is 1. The van der Waals surface area contributed by atoms with Gasteiger partial charge in [0.05, 0.1) is 11.0 Å². The van der Waals surface area contributed by atoms with Crippen LogP contribution in [0.2, 0.25) is 5.02 Å². The van der Waals surface area contributed by atoms with E-state index in [1.807, 2.05) is 47.0 Å². The number of nitrogens with zero attached hydrogens (tertiary/aromatic N) is 2. The van der Waals surface area contributed by atoms with Crippen molar-refractivity contribution in [2.45, 2.75) is 19.6 Å². The Bertz CT molecular complexity index is 799. The number of carbonyl (C=O) groups excluding carboxylic acids is 1. The third kappa shape index (κ3) is 2.83. The first kappa shape index (κ1) is 14.6. The van der Waals surface area contributed by atoms with Crippen LogP contribution in [-0.2, 0) is 16.1 Å². The highest BCUT2D eigenvalue weighted by Crippen LogP contribution is 2.26. The summed E-state index contributed by atoms with van der Waals surface area (Å²) in [5.74, 6) is 0.702. The summed E-state index contributed by atoms with van der Waals surface area (Å²) in [4.78, 5) is 15.2. The van der Waals surface area contributed by atoms with Gasteiger partial charge in [0.15, 0.2) is 11.9 Å². The van der Waals surface area contributed by atoms with Gasteiger partial charge in [-0.25, -0.2) is 4.98 Å². The Morgan fingerprint density at radius 2 is 2.05 bits per heavy atom. The van der Waals surface area contributed by atoms with Crippen LogP contribution in [0, 0.1) is 0 Å². The van der Waals surface area contributed by atoms with Crippen molar-refractivity contribution in [1.82, 2.24) is 9.55 Å². The second-order valence-corrected chi connectivity index (χ2v) is 5.49. The van der Waals surface area contributed by atoms with Gasteiger partial charge in [0.1, 0.15) is 0 Å². The summed E-state index contributed by atoms with van der Waals surface area (Å²) >= 11 is 6.12. The molecule has 3 rings (SSSR count). The van der Waals surface area contributed by atoms with Crippen molar-refractivity contribution in [3.05, 3.63) is 64.9 Å². The van der Waals surface area contributed by atoms with Crippen LogP contribution in [0.4, 0.5) is 0 Å². The second-order valence-electron chi connectivity index (χ2n) is 5.05. The molecule has 1 aromatic heterocycles. The third-order valence-corrected chi connectivity index (χ3v) is 3.78. The predicted molar refractivity (Wildman–Crippen MR) is 85.9 cm³/mol. The van der Waals surface area contributed by atoms with Crippen molar-refractivity contribution in [3.63, 3.8) is 0 Å². The van der Waals surface area contributed by atoms with Gasteiger partial charge >= 0.3 is 0 Å². The molecule has 22 heavy (non-hydrogen) atoms. The molecule has 5 heteroatoms. The molecule has 0 aliphatic heterocycles. The van der Waals surface area contributed by atoms with Crippen molar-refractivity contribution in [2.24, 2.45) is 0 Å². The SMILES string of the molecule is CC(OC=O)c1nc2ccc(Cl)cc2n1Cc1ccccc1. The monoisotopic (exact) mass is 314 g/mol. The first-order valence-electron chi connectivity index (χ1n) is 6.98. The molecule has 2 aromatic carbocycles. The lowest BCUT2D eigenvalue weighted by Crippen LogP contribution is -2.10. The molecule has 3 aromatic rings. The average Bonchev–Trinajstić information content (AvgIpc) is 2.87. The second kappa shape index (κ2) is 6.20. The Morgan fingerprint density at radius 3 is 2.77 bits per heavy atom. The third-order valence-electron chi connectivity index (χ3n) is 3.55. The van der Waals surface area contributed by atoms with Crippen molar-refractivity contribution >= 4 is 29.1 Å². The summed E-state index contributed by atoms with van der Waals surface area (Å²) < 4.78 is 7.10. The maximum atomic E-state index is 10.6. The zero-order valence-corrected chi connectivity index (χ0v) is 12.8. The van der Waals surface area contributed by atoms with E-state index in [-0.39, 0.29) is 0 Å². The Balaban J connectivity index is 2.12. The van der Waals surface area contributed by atoms with Crippen molar-refractivity contribution < 1.29 is 9.53 Å². The van der Waals surface area contributed by atoms with Gasteiger partial charge in [-0.3, -0.25) is 4.79 Å². The van der Waals surface area contributed by atoms with Crippen molar-refractivity contribution in [2.75, 3.05) is 0 Å². The summed E-state index contributed by atoms with van der Waals surface area (Å²) in [5, 5.41) is 0.650. The Labute approximate surface area is 133 Å². The quantitative estimate of drug-likeness (QED) is 0.669. The summed E-state index contributed by atoms with van der Waals surface area (Å²) in [7, 11) is 0. The van der Waals surface area contributed by atoms with Crippen LogP contribution in [0.3, 0.4) is 0 Å². The van der Waals surface area contributed by atoms with Crippen LogP contribution >= 0.6 is 11.6 Å². The topological polar surface area (TPSA) is 44.1 Å². The number of carbonyl (C=O) groups is 1. The Hall–Kier alpha value is -2.33. The molecule has 0 fully saturated rings. The zero-order chi connectivity index (χ0) is 15.5. The van der Waals surface area contributed by atoms with Gasteiger partial charge in [0.2, 0.25) is 0 Å². The standard InChI is InChI=1S/C17H15ClN2O2/c1-12(22-11-21)17-19-15-8-7-14(18)9-16(15)20(17)10-13-5-3-2-4-6-13/h2-9,11-12H,10H2,1H3. The summed E-state index contributed by atoms with van der Waals surface area (Å²) in [5.41, 5.74) is 2.89. The van der Waals surface area contributed by atoms with Crippen LogP contribution in [-0.4, -0.2) is 16.0 Å². The van der Waals surface area contributed by atoms with E-state index in [0.29, 0.717) is 23.9 Å². The van der Waals surface area contributed by atoms with E-state index in [9.17, 15) is 4.79 Å². The van der Waals surface area contributed by atoms with Crippen molar-refractivity contribution in [1.29, 1.82) is 0 Å². The number of imidazole rings is 1. The fourth-order valence-corrected chi connectivity index (χ4v) is 2.67. The number of benzene rings is 2. The lowest BCUT2D eigenvalue weighted by atomic mass is 10.2. The number of aromatic nitrogens is 2. The molecular weight excluding hydrogens is 300 g/mol.